The maximum Gasteiger partial charge on any atom is 0.261 e. The van der Waals surface area contributed by atoms with Crippen LogP contribution >= 0.6 is 22.9 Å². The minimum Gasteiger partial charge on any atom is -0.347 e. The van der Waals surface area contributed by atoms with Gasteiger partial charge in [0.2, 0.25) is 0 Å². The zero-order chi connectivity index (χ0) is 16.2. The fourth-order valence-electron chi connectivity index (χ4n) is 2.15. The number of nitrogens with one attached hydrogen (secondary N) is 1. The molecule has 0 radical (unpaired) electrons. The number of hydrogen-bond donors (Lipinski definition) is 1. The molecular formula is C17H12ClFN2OS. The van der Waals surface area contributed by atoms with E-state index in [1.807, 2.05) is 6.07 Å². The third kappa shape index (κ3) is 3.75. The van der Waals surface area contributed by atoms with Crippen molar-refractivity contribution in [1.29, 1.82) is 0 Å². The molecule has 0 atom stereocenters. The van der Waals surface area contributed by atoms with Gasteiger partial charge in [0.25, 0.3) is 5.91 Å². The Morgan fingerprint density at radius 1 is 1.17 bits per heavy atom. The third-order valence-electron chi connectivity index (χ3n) is 3.25. The number of hydrogen-bond acceptors (Lipinski definition) is 3. The highest BCUT2D eigenvalue weighted by molar-refractivity contribution is 7.17. The van der Waals surface area contributed by atoms with Crippen LogP contribution in [-0.2, 0) is 6.54 Å². The molecule has 23 heavy (non-hydrogen) atoms. The van der Waals surface area contributed by atoms with E-state index >= 15 is 0 Å². The minimum atomic E-state index is -0.297. The summed E-state index contributed by atoms with van der Waals surface area (Å²) >= 11 is 7.07. The average molecular weight is 347 g/mol. The highest BCUT2D eigenvalue weighted by atomic mass is 35.5. The lowest BCUT2D eigenvalue weighted by Gasteiger charge is -2.09. The summed E-state index contributed by atoms with van der Waals surface area (Å²) in [6, 6.07) is 13.2. The van der Waals surface area contributed by atoms with Crippen molar-refractivity contribution < 1.29 is 9.18 Å². The van der Waals surface area contributed by atoms with E-state index in [2.05, 4.69) is 10.3 Å². The molecule has 0 saturated heterocycles. The molecule has 116 valence electrons. The summed E-state index contributed by atoms with van der Waals surface area (Å²) in [5.41, 5.74) is 2.38. The fourth-order valence-corrected chi connectivity index (χ4v) is 3.11. The summed E-state index contributed by atoms with van der Waals surface area (Å²) in [4.78, 5) is 17.0. The molecule has 2 heterocycles. The van der Waals surface area contributed by atoms with Gasteiger partial charge < -0.3 is 5.32 Å². The van der Waals surface area contributed by atoms with Gasteiger partial charge in [-0.05, 0) is 48.0 Å². The van der Waals surface area contributed by atoms with E-state index in [1.54, 1.807) is 36.5 Å². The highest BCUT2D eigenvalue weighted by Gasteiger charge is 2.11. The molecule has 0 unspecified atom stereocenters. The molecule has 1 N–H and O–H groups in total. The van der Waals surface area contributed by atoms with Gasteiger partial charge in [0, 0.05) is 18.3 Å². The summed E-state index contributed by atoms with van der Waals surface area (Å²) in [5, 5.41) is 2.85. The van der Waals surface area contributed by atoms with Crippen LogP contribution in [0.1, 0.15) is 15.2 Å². The van der Waals surface area contributed by atoms with Gasteiger partial charge in [-0.1, -0.05) is 17.7 Å². The van der Waals surface area contributed by atoms with Crippen molar-refractivity contribution in [2.45, 2.75) is 6.54 Å². The SMILES string of the molecule is O=C(NCc1cccnc1-c1ccc(F)cc1)c1ccc(Cl)s1. The largest absolute Gasteiger partial charge is 0.347 e. The molecule has 1 aromatic carbocycles. The Balaban J connectivity index is 1.78. The first-order valence-electron chi connectivity index (χ1n) is 6.87. The van der Waals surface area contributed by atoms with Crippen molar-refractivity contribution in [3.8, 4) is 11.3 Å². The number of thiophene rings is 1. The van der Waals surface area contributed by atoms with Crippen molar-refractivity contribution in [1.82, 2.24) is 10.3 Å². The Bertz CT molecular complexity index is 833. The van der Waals surface area contributed by atoms with Crippen LogP contribution in [0.2, 0.25) is 4.34 Å². The van der Waals surface area contributed by atoms with Crippen LogP contribution in [-0.4, -0.2) is 10.9 Å². The van der Waals surface area contributed by atoms with Gasteiger partial charge in [0.15, 0.2) is 0 Å². The van der Waals surface area contributed by atoms with E-state index in [0.717, 1.165) is 16.8 Å². The third-order valence-corrected chi connectivity index (χ3v) is 4.48. The van der Waals surface area contributed by atoms with Crippen LogP contribution in [0.5, 0.6) is 0 Å². The molecule has 0 aliphatic rings. The summed E-state index contributed by atoms with van der Waals surface area (Å²) < 4.78 is 13.6. The number of carbonyl (C=O) groups excluding carboxylic acids is 1. The monoisotopic (exact) mass is 346 g/mol. The van der Waals surface area contributed by atoms with Gasteiger partial charge >= 0.3 is 0 Å². The van der Waals surface area contributed by atoms with Gasteiger partial charge in [0.1, 0.15) is 5.82 Å². The molecule has 0 saturated carbocycles. The molecule has 0 spiro atoms. The lowest BCUT2D eigenvalue weighted by atomic mass is 10.1. The van der Waals surface area contributed by atoms with Gasteiger partial charge in [-0.25, -0.2) is 4.39 Å². The second-order valence-corrected chi connectivity index (χ2v) is 6.52. The maximum atomic E-state index is 13.1. The summed E-state index contributed by atoms with van der Waals surface area (Å²) in [6.07, 6.45) is 1.67. The Labute approximate surface area is 141 Å². The number of halogens is 2. The molecule has 3 nitrogen and oxygen atoms in total. The summed E-state index contributed by atoms with van der Waals surface area (Å²) in [5.74, 6) is -0.482. The van der Waals surface area contributed by atoms with Gasteiger partial charge in [-0.3, -0.25) is 9.78 Å². The second-order valence-electron chi connectivity index (χ2n) is 4.80. The average Bonchev–Trinajstić information content (AvgIpc) is 3.00. The van der Waals surface area contributed by atoms with E-state index in [-0.39, 0.29) is 11.7 Å². The number of nitrogens with zero attached hydrogens (tertiary/aromatic N) is 1. The van der Waals surface area contributed by atoms with E-state index < -0.39 is 0 Å². The lowest BCUT2D eigenvalue weighted by Crippen LogP contribution is -2.22. The molecule has 3 aromatic rings. The highest BCUT2D eigenvalue weighted by Crippen LogP contribution is 2.23. The van der Waals surface area contributed by atoms with Crippen molar-refractivity contribution in [3.63, 3.8) is 0 Å². The molecule has 0 aliphatic carbocycles. The van der Waals surface area contributed by atoms with Crippen LogP contribution in [0.4, 0.5) is 4.39 Å². The summed E-state index contributed by atoms with van der Waals surface area (Å²) in [6.45, 7) is 0.328. The normalized spacial score (nSPS) is 10.5. The van der Waals surface area contributed by atoms with Crippen LogP contribution < -0.4 is 5.32 Å². The first-order chi connectivity index (χ1) is 11.1. The van der Waals surface area contributed by atoms with Crippen molar-refractivity contribution in [2.75, 3.05) is 0 Å². The van der Waals surface area contributed by atoms with Crippen LogP contribution in [0.25, 0.3) is 11.3 Å². The number of rotatable bonds is 4. The smallest absolute Gasteiger partial charge is 0.261 e. The molecule has 0 aliphatic heterocycles. The van der Waals surface area contributed by atoms with E-state index in [9.17, 15) is 9.18 Å². The molecule has 6 heteroatoms. The molecule has 2 aromatic heterocycles. The van der Waals surface area contributed by atoms with Crippen molar-refractivity contribution in [3.05, 3.63) is 75.3 Å². The zero-order valence-corrected chi connectivity index (χ0v) is 13.5. The molecule has 3 rings (SSSR count). The van der Waals surface area contributed by atoms with Gasteiger partial charge in [0.05, 0.1) is 14.9 Å². The Hall–Kier alpha value is -2.24. The fraction of sp³-hybridized carbons (Fsp3) is 0.0588. The number of aromatic nitrogens is 1. The molecule has 0 bridgehead atoms. The topological polar surface area (TPSA) is 42.0 Å². The number of carbonyl (C=O) groups is 1. The van der Waals surface area contributed by atoms with Crippen molar-refractivity contribution >= 4 is 28.8 Å². The van der Waals surface area contributed by atoms with E-state index in [0.29, 0.717) is 15.8 Å². The number of amides is 1. The van der Waals surface area contributed by atoms with E-state index in [4.69, 9.17) is 11.6 Å². The van der Waals surface area contributed by atoms with Gasteiger partial charge in [-0.2, -0.15) is 0 Å². The molecule has 0 fully saturated rings. The van der Waals surface area contributed by atoms with Crippen molar-refractivity contribution in [2.24, 2.45) is 0 Å². The Morgan fingerprint density at radius 3 is 2.65 bits per heavy atom. The van der Waals surface area contributed by atoms with E-state index in [1.165, 1.54) is 23.5 Å². The summed E-state index contributed by atoms with van der Waals surface area (Å²) in [7, 11) is 0. The Morgan fingerprint density at radius 2 is 1.96 bits per heavy atom. The quantitative estimate of drug-likeness (QED) is 0.754. The van der Waals surface area contributed by atoms with Crippen LogP contribution in [0.15, 0.2) is 54.7 Å². The standard InChI is InChI=1S/C17H12ClFN2OS/c18-15-8-7-14(23-15)17(22)21-10-12-2-1-9-20-16(12)11-3-5-13(19)6-4-11/h1-9H,10H2,(H,21,22). The van der Waals surface area contributed by atoms with Crippen LogP contribution in [0.3, 0.4) is 0 Å². The van der Waals surface area contributed by atoms with Crippen LogP contribution in [0, 0.1) is 5.82 Å². The predicted molar refractivity (Wildman–Crippen MR) is 90.1 cm³/mol. The second kappa shape index (κ2) is 6.89. The lowest BCUT2D eigenvalue weighted by molar-refractivity contribution is 0.0955. The predicted octanol–water partition coefficient (Wildman–Crippen LogP) is 4.53. The molecular weight excluding hydrogens is 335 g/mol. The van der Waals surface area contributed by atoms with Gasteiger partial charge in [-0.15, -0.1) is 11.3 Å². The Kier molecular flexibility index (Phi) is 4.69. The molecule has 1 amide bonds. The first-order valence-corrected chi connectivity index (χ1v) is 8.06. The first kappa shape index (κ1) is 15.6. The minimum absolute atomic E-state index is 0.184. The number of pyridine rings is 1. The maximum absolute atomic E-state index is 13.1. The number of benzene rings is 1. The zero-order valence-electron chi connectivity index (χ0n) is 11.9.